The molecule has 0 saturated heterocycles. The van der Waals surface area contributed by atoms with E-state index in [1.54, 1.807) is 6.92 Å². The summed E-state index contributed by atoms with van der Waals surface area (Å²) in [6.45, 7) is 2.00. The molecule has 0 aliphatic carbocycles. The van der Waals surface area contributed by atoms with Crippen molar-refractivity contribution >= 4 is 17.6 Å². The van der Waals surface area contributed by atoms with Crippen LogP contribution < -0.4 is 0 Å². The molecule has 0 radical (unpaired) electrons. The highest BCUT2D eigenvalue weighted by Crippen LogP contribution is 2.13. The van der Waals surface area contributed by atoms with Crippen molar-refractivity contribution in [2.75, 3.05) is 6.61 Å². The Morgan fingerprint density at radius 2 is 2.44 bits per heavy atom. The topological polar surface area (TPSA) is 39.2 Å². The van der Waals surface area contributed by atoms with E-state index in [9.17, 15) is 9.18 Å². The highest BCUT2D eigenvalue weighted by atomic mass is 35.5. The van der Waals surface area contributed by atoms with Gasteiger partial charge in [-0.05, 0) is 13.0 Å². The number of pyridine rings is 1. The van der Waals surface area contributed by atoms with Crippen LogP contribution in [-0.2, 0) is 9.53 Å². The van der Waals surface area contributed by atoms with Gasteiger partial charge in [0.1, 0.15) is 6.42 Å². The van der Waals surface area contributed by atoms with Gasteiger partial charge in [0, 0.05) is 6.20 Å². The van der Waals surface area contributed by atoms with E-state index in [0.29, 0.717) is 6.61 Å². The predicted octanol–water partition coefficient (Wildman–Crippen LogP) is 2.18. The number of halogens is 2. The number of hydrogen-bond acceptors (Lipinski definition) is 3. The standard InChI is InChI=1S/C11H9ClFNO2/c1-2-16-9(15)5-3-4-8-6-7-14-11(12)10(8)13/h6-7H,2,5H2,1H3. The number of rotatable bonds is 2. The lowest BCUT2D eigenvalue weighted by atomic mass is 10.2. The summed E-state index contributed by atoms with van der Waals surface area (Å²) in [7, 11) is 0. The van der Waals surface area contributed by atoms with E-state index in [1.807, 2.05) is 0 Å². The Morgan fingerprint density at radius 1 is 1.69 bits per heavy atom. The van der Waals surface area contributed by atoms with Crippen LogP contribution in [0.3, 0.4) is 0 Å². The molecule has 5 heteroatoms. The highest BCUT2D eigenvalue weighted by Gasteiger charge is 2.04. The maximum atomic E-state index is 13.3. The van der Waals surface area contributed by atoms with Gasteiger partial charge >= 0.3 is 5.97 Å². The van der Waals surface area contributed by atoms with E-state index >= 15 is 0 Å². The van der Waals surface area contributed by atoms with Crippen LogP contribution in [0, 0.1) is 17.7 Å². The molecule has 0 aromatic carbocycles. The van der Waals surface area contributed by atoms with Crippen LogP contribution in [0.1, 0.15) is 18.9 Å². The molecule has 3 nitrogen and oxygen atoms in total. The molecule has 0 amide bonds. The van der Waals surface area contributed by atoms with Gasteiger partial charge in [0.25, 0.3) is 0 Å². The first-order valence-corrected chi connectivity index (χ1v) is 4.97. The van der Waals surface area contributed by atoms with E-state index in [4.69, 9.17) is 11.6 Å². The number of hydrogen-bond donors (Lipinski definition) is 0. The molecule has 0 N–H and O–H groups in total. The highest BCUT2D eigenvalue weighted by molar-refractivity contribution is 6.29. The number of carbonyl (C=O) groups is 1. The predicted molar refractivity (Wildman–Crippen MR) is 57.3 cm³/mol. The normalized spacial score (nSPS) is 9.19. The summed E-state index contributed by atoms with van der Waals surface area (Å²) >= 11 is 5.46. The third kappa shape index (κ3) is 3.52. The Balaban J connectivity index is 2.70. The fraction of sp³-hybridized carbons (Fsp3) is 0.273. The monoisotopic (exact) mass is 241 g/mol. The summed E-state index contributed by atoms with van der Waals surface area (Å²) in [6, 6.07) is 1.39. The van der Waals surface area contributed by atoms with Gasteiger partial charge in [-0.2, -0.15) is 0 Å². The summed E-state index contributed by atoms with van der Waals surface area (Å²) < 4.78 is 17.9. The summed E-state index contributed by atoms with van der Waals surface area (Å²) in [5, 5.41) is -0.233. The van der Waals surface area contributed by atoms with Crippen LogP contribution >= 0.6 is 11.6 Å². The number of ether oxygens (including phenoxy) is 1. The second kappa shape index (κ2) is 6.09. The first kappa shape index (κ1) is 12.5. The third-order valence-electron chi connectivity index (χ3n) is 1.61. The Labute approximate surface area is 97.6 Å². The van der Waals surface area contributed by atoms with E-state index in [-0.39, 0.29) is 17.1 Å². The van der Waals surface area contributed by atoms with Crippen LogP contribution in [0.4, 0.5) is 4.39 Å². The molecule has 1 aromatic heterocycles. The second-order valence-corrected chi connectivity index (χ2v) is 3.10. The number of nitrogens with zero attached hydrogens (tertiary/aromatic N) is 1. The van der Waals surface area contributed by atoms with Crippen molar-refractivity contribution in [1.29, 1.82) is 0 Å². The zero-order valence-corrected chi connectivity index (χ0v) is 9.34. The molecule has 0 aliphatic rings. The minimum absolute atomic E-state index is 0.0762. The molecule has 1 aromatic rings. The van der Waals surface area contributed by atoms with Crippen molar-refractivity contribution in [2.24, 2.45) is 0 Å². The van der Waals surface area contributed by atoms with Gasteiger partial charge < -0.3 is 4.74 Å². The van der Waals surface area contributed by atoms with E-state index < -0.39 is 11.8 Å². The van der Waals surface area contributed by atoms with E-state index in [2.05, 4.69) is 21.6 Å². The Hall–Kier alpha value is -1.60. The average Bonchev–Trinajstić information content (AvgIpc) is 2.25. The summed E-state index contributed by atoms with van der Waals surface area (Å²) in [5.41, 5.74) is 0.115. The minimum atomic E-state index is -0.680. The fourth-order valence-electron chi connectivity index (χ4n) is 0.938. The Bertz CT molecular complexity index is 451. The van der Waals surface area contributed by atoms with E-state index in [1.165, 1.54) is 12.3 Å². The molecule has 1 rings (SSSR count). The molecule has 84 valence electrons. The Morgan fingerprint density at radius 3 is 3.12 bits per heavy atom. The molecule has 0 fully saturated rings. The van der Waals surface area contributed by atoms with Gasteiger partial charge in [-0.15, -0.1) is 0 Å². The van der Waals surface area contributed by atoms with Crippen molar-refractivity contribution < 1.29 is 13.9 Å². The van der Waals surface area contributed by atoms with Crippen LogP contribution in [0.25, 0.3) is 0 Å². The van der Waals surface area contributed by atoms with Gasteiger partial charge in [-0.25, -0.2) is 9.37 Å². The van der Waals surface area contributed by atoms with Gasteiger partial charge in [0.15, 0.2) is 11.0 Å². The molecular weight excluding hydrogens is 233 g/mol. The van der Waals surface area contributed by atoms with Crippen molar-refractivity contribution in [1.82, 2.24) is 4.98 Å². The van der Waals surface area contributed by atoms with Crippen LogP contribution in [-0.4, -0.2) is 17.6 Å². The lowest BCUT2D eigenvalue weighted by Gasteiger charge is -1.96. The van der Waals surface area contributed by atoms with Crippen LogP contribution in [0.2, 0.25) is 5.15 Å². The van der Waals surface area contributed by atoms with Crippen molar-refractivity contribution in [2.45, 2.75) is 13.3 Å². The van der Waals surface area contributed by atoms with Gasteiger partial charge in [-0.3, -0.25) is 4.79 Å². The largest absolute Gasteiger partial charge is 0.465 e. The van der Waals surface area contributed by atoms with Crippen molar-refractivity contribution in [3.05, 3.63) is 28.8 Å². The molecule has 0 bridgehead atoms. The minimum Gasteiger partial charge on any atom is -0.465 e. The number of carbonyl (C=O) groups excluding carboxylic acids is 1. The van der Waals surface area contributed by atoms with Crippen LogP contribution in [0.5, 0.6) is 0 Å². The zero-order chi connectivity index (χ0) is 12.0. The molecule has 0 atom stereocenters. The Kier molecular flexibility index (Phi) is 4.74. The fourth-order valence-corrected chi connectivity index (χ4v) is 1.10. The first-order valence-electron chi connectivity index (χ1n) is 4.59. The van der Waals surface area contributed by atoms with E-state index in [0.717, 1.165) is 0 Å². The SMILES string of the molecule is CCOC(=O)CC#Cc1ccnc(Cl)c1F. The molecule has 0 unspecified atom stereocenters. The third-order valence-corrected chi connectivity index (χ3v) is 1.87. The second-order valence-electron chi connectivity index (χ2n) is 2.75. The summed E-state index contributed by atoms with van der Waals surface area (Å²) in [4.78, 5) is 14.5. The van der Waals surface area contributed by atoms with Crippen molar-refractivity contribution in [3.63, 3.8) is 0 Å². The van der Waals surface area contributed by atoms with Gasteiger partial charge in [-0.1, -0.05) is 23.4 Å². The van der Waals surface area contributed by atoms with Crippen LogP contribution in [0.15, 0.2) is 12.3 Å². The molecule has 0 spiro atoms. The summed E-state index contributed by atoms with van der Waals surface area (Å²) in [6.07, 6.45) is 1.27. The average molecular weight is 242 g/mol. The van der Waals surface area contributed by atoms with Crippen molar-refractivity contribution in [3.8, 4) is 11.8 Å². The number of aromatic nitrogens is 1. The number of esters is 1. The first-order chi connectivity index (χ1) is 7.65. The zero-order valence-electron chi connectivity index (χ0n) is 8.59. The lowest BCUT2D eigenvalue weighted by molar-refractivity contribution is -0.141. The lowest BCUT2D eigenvalue weighted by Crippen LogP contribution is -2.01. The maximum Gasteiger partial charge on any atom is 0.317 e. The smallest absolute Gasteiger partial charge is 0.317 e. The molecule has 1 heterocycles. The van der Waals surface area contributed by atoms with Gasteiger partial charge in [0.2, 0.25) is 0 Å². The quantitative estimate of drug-likeness (QED) is 0.453. The molecule has 16 heavy (non-hydrogen) atoms. The molecule has 0 saturated carbocycles. The maximum absolute atomic E-state index is 13.3. The summed E-state index contributed by atoms with van der Waals surface area (Å²) in [5.74, 6) is 3.88. The molecular formula is C11H9ClFNO2. The van der Waals surface area contributed by atoms with Gasteiger partial charge in [0.05, 0.1) is 12.2 Å². The molecule has 0 aliphatic heterocycles.